The molecule has 0 radical (unpaired) electrons. The molecule has 4 aromatic rings. The Morgan fingerprint density at radius 1 is 0.781 bits per heavy atom. The van der Waals surface area contributed by atoms with E-state index in [2.05, 4.69) is 31.9 Å². The number of unbranched alkanes of at least 4 members (excludes halogenated alkanes) is 2. The molecule has 0 aliphatic carbocycles. The SMILES string of the molecule is C[C@H](NC(=O)Cc1cccc(C(=O)c2ccccc2)c1)C(=O)N[C@H]1CN(CC(=O)NCCCCCNC(=O)CCC[C@@H]2SC[C@@H]3NC(=O)N[C@@H]32)c2ccccc2O[C@H]1c1ccccc1. The van der Waals surface area contributed by atoms with Crippen LogP contribution in [0.4, 0.5) is 10.5 Å². The highest BCUT2D eigenvalue weighted by Gasteiger charge is 2.42. The van der Waals surface area contributed by atoms with Crippen LogP contribution in [0.3, 0.4) is 0 Å². The number of ether oxygens (including phenoxy) is 1. The Balaban J connectivity index is 0.883. The van der Waals surface area contributed by atoms with Crippen molar-refractivity contribution >= 4 is 52.9 Å². The number of thioether (sulfide) groups is 1. The third kappa shape index (κ3) is 12.4. The number of hydrogen-bond donors (Lipinski definition) is 6. The molecule has 4 aromatic carbocycles. The van der Waals surface area contributed by atoms with Gasteiger partial charge in [0.1, 0.15) is 17.9 Å². The van der Waals surface area contributed by atoms with E-state index in [9.17, 15) is 28.8 Å². The summed E-state index contributed by atoms with van der Waals surface area (Å²) in [7, 11) is 0. The second-order valence-electron chi connectivity index (χ2n) is 16.5. The Morgan fingerprint density at radius 3 is 2.27 bits per heavy atom. The lowest BCUT2D eigenvalue weighted by Crippen LogP contribution is -2.54. The highest BCUT2D eigenvalue weighted by Crippen LogP contribution is 2.37. The number of rotatable bonds is 20. The van der Waals surface area contributed by atoms with Gasteiger partial charge >= 0.3 is 6.03 Å². The minimum atomic E-state index is -0.904. The molecule has 3 aliphatic heterocycles. The summed E-state index contributed by atoms with van der Waals surface area (Å²) in [5, 5.41) is 18.3. The van der Waals surface area contributed by atoms with Gasteiger partial charge in [0.2, 0.25) is 23.6 Å². The van der Waals surface area contributed by atoms with E-state index in [-0.39, 0.29) is 61.1 Å². The normalized spacial score (nSPS) is 20.2. The van der Waals surface area contributed by atoms with E-state index in [1.54, 1.807) is 55.5 Å². The molecule has 0 aromatic heterocycles. The number of amides is 6. The molecule has 6 atom stereocenters. The van der Waals surface area contributed by atoms with E-state index in [1.165, 1.54) is 0 Å². The summed E-state index contributed by atoms with van der Waals surface area (Å²) in [5.41, 5.74) is 3.23. The maximum atomic E-state index is 13.9. The standard InChI is InChI=1S/C49H57N7O7S/c1-32(52-43(58)28-33-15-13-20-36(27-33)46(60)34-16-5-2-6-17-34)48(61)53-37-29-56(39-21-9-10-22-40(39)63-47(37)35-18-7-3-8-19-35)30-44(59)51-26-12-4-11-25-50-42(57)24-14-23-41-45-38(31-64-41)54-49(62)55-45/h2-3,5-10,13,15-22,27,32,37-38,41,45,47H,4,11-12,14,23-26,28-31H2,1H3,(H,50,57)(H,51,59)(H,52,58)(H,53,61)(H2,54,55,62)/t32-,37-,38-,41-,45-,47-/m0/s1. The molecule has 6 amide bonds. The van der Waals surface area contributed by atoms with Crippen molar-refractivity contribution < 1.29 is 33.5 Å². The highest BCUT2D eigenvalue weighted by atomic mass is 32.2. The van der Waals surface area contributed by atoms with Gasteiger partial charge in [-0.05, 0) is 68.4 Å². The van der Waals surface area contributed by atoms with Crippen LogP contribution in [0.2, 0.25) is 0 Å². The van der Waals surface area contributed by atoms with Crippen LogP contribution in [0, 0.1) is 0 Å². The molecule has 15 heteroatoms. The van der Waals surface area contributed by atoms with Crippen molar-refractivity contribution in [3.8, 4) is 5.75 Å². The second-order valence-corrected chi connectivity index (χ2v) is 17.8. The summed E-state index contributed by atoms with van der Waals surface area (Å²) in [6, 6.07) is 31.6. The topological polar surface area (TPSA) is 187 Å². The van der Waals surface area contributed by atoms with Gasteiger partial charge in [-0.1, -0.05) is 91.0 Å². The summed E-state index contributed by atoms with van der Waals surface area (Å²) >= 11 is 1.85. The number of anilines is 1. The number of para-hydroxylation sites is 2. The summed E-state index contributed by atoms with van der Waals surface area (Å²) in [6.45, 7) is 2.93. The van der Waals surface area contributed by atoms with Crippen LogP contribution in [0.5, 0.6) is 5.75 Å². The summed E-state index contributed by atoms with van der Waals surface area (Å²) < 4.78 is 6.64. The molecule has 3 aliphatic rings. The molecule has 64 heavy (non-hydrogen) atoms. The number of carbonyl (C=O) groups excluding carboxylic acids is 6. The van der Waals surface area contributed by atoms with Crippen molar-refractivity contribution in [1.29, 1.82) is 0 Å². The number of fused-ring (bicyclic) bond motifs is 2. The summed E-state index contributed by atoms with van der Waals surface area (Å²) in [5.74, 6) is 0.398. The smallest absolute Gasteiger partial charge is 0.315 e. The largest absolute Gasteiger partial charge is 0.481 e. The molecule has 0 bridgehead atoms. The molecular formula is C49H57N7O7S. The molecule has 0 saturated carbocycles. The van der Waals surface area contributed by atoms with Crippen molar-refractivity contribution in [2.24, 2.45) is 0 Å². The number of carbonyl (C=O) groups is 6. The van der Waals surface area contributed by atoms with Crippen molar-refractivity contribution in [2.75, 3.05) is 36.8 Å². The Morgan fingerprint density at radius 2 is 1.48 bits per heavy atom. The molecule has 14 nitrogen and oxygen atoms in total. The monoisotopic (exact) mass is 887 g/mol. The lowest BCUT2D eigenvalue weighted by molar-refractivity contribution is -0.129. The third-order valence-electron chi connectivity index (χ3n) is 11.7. The van der Waals surface area contributed by atoms with Crippen molar-refractivity contribution in [1.82, 2.24) is 31.9 Å². The van der Waals surface area contributed by atoms with Gasteiger partial charge in [-0.2, -0.15) is 11.8 Å². The maximum Gasteiger partial charge on any atom is 0.315 e. The predicted molar refractivity (Wildman–Crippen MR) is 247 cm³/mol. The fraction of sp³-hybridized carbons (Fsp3) is 0.388. The molecule has 336 valence electrons. The molecule has 3 heterocycles. The quantitative estimate of drug-likeness (QED) is 0.0411. The van der Waals surface area contributed by atoms with E-state index < -0.39 is 24.1 Å². The third-order valence-corrected chi connectivity index (χ3v) is 13.2. The van der Waals surface area contributed by atoms with Gasteiger partial charge in [-0.3, -0.25) is 24.0 Å². The minimum absolute atomic E-state index is 0.0199. The Labute approximate surface area is 378 Å². The molecular weight excluding hydrogens is 831 g/mol. The Bertz CT molecular complexity index is 2260. The van der Waals surface area contributed by atoms with E-state index in [0.717, 1.165) is 43.4 Å². The van der Waals surface area contributed by atoms with Crippen LogP contribution in [-0.2, 0) is 25.6 Å². The van der Waals surface area contributed by atoms with Crippen molar-refractivity contribution in [2.45, 2.75) is 87.4 Å². The predicted octanol–water partition coefficient (Wildman–Crippen LogP) is 4.83. The first-order valence-corrected chi connectivity index (χ1v) is 23.2. The van der Waals surface area contributed by atoms with Crippen LogP contribution in [0.15, 0.2) is 109 Å². The average molecular weight is 888 g/mol. The van der Waals surface area contributed by atoms with Crippen LogP contribution >= 0.6 is 11.8 Å². The van der Waals surface area contributed by atoms with Crippen LogP contribution in [0.1, 0.15) is 78.6 Å². The van der Waals surface area contributed by atoms with E-state index in [1.807, 2.05) is 77.3 Å². The number of benzene rings is 4. The van der Waals surface area contributed by atoms with Crippen molar-refractivity contribution in [3.63, 3.8) is 0 Å². The zero-order valence-electron chi connectivity index (χ0n) is 36.1. The van der Waals surface area contributed by atoms with E-state index >= 15 is 0 Å². The first-order chi connectivity index (χ1) is 31.1. The highest BCUT2D eigenvalue weighted by molar-refractivity contribution is 8.00. The van der Waals surface area contributed by atoms with Gasteiger partial charge in [-0.15, -0.1) is 0 Å². The molecule has 6 N–H and O–H groups in total. The van der Waals surface area contributed by atoms with Gasteiger partial charge in [0, 0.05) is 48.2 Å². The van der Waals surface area contributed by atoms with Crippen LogP contribution in [0.25, 0.3) is 0 Å². The van der Waals surface area contributed by atoms with Gasteiger partial charge in [0.05, 0.1) is 36.8 Å². The second kappa shape index (κ2) is 22.3. The number of hydrogen-bond acceptors (Lipinski definition) is 9. The first-order valence-electron chi connectivity index (χ1n) is 22.2. The zero-order chi connectivity index (χ0) is 44.8. The average Bonchev–Trinajstić information content (AvgIpc) is 3.81. The summed E-state index contributed by atoms with van der Waals surface area (Å²) in [4.78, 5) is 79.5. The zero-order valence-corrected chi connectivity index (χ0v) is 36.9. The lowest BCUT2D eigenvalue weighted by atomic mass is 10.00. The maximum absolute atomic E-state index is 13.9. The number of nitrogens with one attached hydrogen (secondary N) is 6. The van der Waals surface area contributed by atoms with Crippen molar-refractivity contribution in [3.05, 3.63) is 131 Å². The first kappa shape index (κ1) is 45.7. The van der Waals surface area contributed by atoms with E-state index in [0.29, 0.717) is 52.9 Å². The minimum Gasteiger partial charge on any atom is -0.481 e. The lowest BCUT2D eigenvalue weighted by Gasteiger charge is -2.30. The Hall–Kier alpha value is -6.35. The number of nitrogens with zero attached hydrogens (tertiary/aromatic N) is 1. The van der Waals surface area contributed by atoms with Gasteiger partial charge in [0.25, 0.3) is 0 Å². The van der Waals surface area contributed by atoms with Crippen LogP contribution < -0.4 is 41.5 Å². The molecule has 7 rings (SSSR count). The molecule has 0 unspecified atom stereocenters. The van der Waals surface area contributed by atoms with Gasteiger partial charge in [-0.25, -0.2) is 4.79 Å². The Kier molecular flexibility index (Phi) is 15.9. The number of urea groups is 1. The number of ketones is 1. The van der Waals surface area contributed by atoms with Gasteiger partial charge in [0.15, 0.2) is 5.78 Å². The molecule has 2 saturated heterocycles. The molecule has 2 fully saturated rings. The van der Waals surface area contributed by atoms with Crippen LogP contribution in [-0.4, -0.2) is 96.8 Å². The fourth-order valence-electron chi connectivity index (χ4n) is 8.42. The molecule has 0 spiro atoms. The van der Waals surface area contributed by atoms with Gasteiger partial charge < -0.3 is 41.5 Å². The summed E-state index contributed by atoms with van der Waals surface area (Å²) in [6.07, 6.45) is 3.86. The fourth-order valence-corrected chi connectivity index (χ4v) is 9.96. The van der Waals surface area contributed by atoms with E-state index in [4.69, 9.17) is 4.74 Å².